The first-order valence-electron chi connectivity index (χ1n) is 8.96. The lowest BCUT2D eigenvalue weighted by Gasteiger charge is -2.20. The third-order valence-corrected chi connectivity index (χ3v) is 3.70. The Labute approximate surface area is 164 Å². The van der Waals surface area contributed by atoms with E-state index < -0.39 is 0 Å². The van der Waals surface area contributed by atoms with Crippen LogP contribution in [-0.4, -0.2) is 36.9 Å². The average Bonchev–Trinajstić information content (AvgIpc) is 2.65. The Morgan fingerprint density at radius 1 is 0.857 bits per heavy atom. The topological polar surface area (TPSA) is 99.3 Å². The molecule has 7 heteroatoms. The zero-order valence-electron chi connectivity index (χ0n) is 16.6. The van der Waals surface area contributed by atoms with Gasteiger partial charge in [0.25, 0.3) is 11.8 Å². The van der Waals surface area contributed by atoms with Crippen LogP contribution < -0.4 is 21.3 Å². The fourth-order valence-corrected chi connectivity index (χ4v) is 2.45. The van der Waals surface area contributed by atoms with E-state index in [2.05, 4.69) is 21.3 Å². The van der Waals surface area contributed by atoms with Gasteiger partial charge in [0.2, 0.25) is 5.91 Å². The molecule has 0 atom stereocenters. The molecule has 2 aromatic carbocycles. The number of carbonyl (C=O) groups is 3. The van der Waals surface area contributed by atoms with Crippen molar-refractivity contribution in [2.24, 2.45) is 0 Å². The molecule has 3 amide bonds. The van der Waals surface area contributed by atoms with Gasteiger partial charge >= 0.3 is 0 Å². The van der Waals surface area contributed by atoms with Gasteiger partial charge in [-0.05, 0) is 57.2 Å². The van der Waals surface area contributed by atoms with E-state index in [1.807, 2.05) is 20.8 Å². The predicted molar refractivity (Wildman–Crippen MR) is 111 cm³/mol. The summed E-state index contributed by atoms with van der Waals surface area (Å²) in [7, 11) is 1.55. The highest BCUT2D eigenvalue weighted by Gasteiger charge is 2.15. The zero-order valence-corrected chi connectivity index (χ0v) is 16.6. The Bertz CT molecular complexity index is 872. The van der Waals surface area contributed by atoms with Crippen LogP contribution in [0.2, 0.25) is 0 Å². The highest BCUT2D eigenvalue weighted by molar-refractivity contribution is 5.98. The van der Waals surface area contributed by atoms with Gasteiger partial charge in [0, 0.05) is 35.1 Å². The van der Waals surface area contributed by atoms with Crippen LogP contribution in [0.15, 0.2) is 48.5 Å². The molecule has 0 heterocycles. The molecule has 0 radical (unpaired) electrons. The van der Waals surface area contributed by atoms with Crippen LogP contribution in [0.1, 0.15) is 41.5 Å². The van der Waals surface area contributed by atoms with Gasteiger partial charge in [0.15, 0.2) is 0 Å². The third kappa shape index (κ3) is 6.42. The number of nitrogens with one attached hydrogen (secondary N) is 4. The number of amides is 3. The minimum Gasteiger partial charge on any atom is -0.376 e. The van der Waals surface area contributed by atoms with Crippen molar-refractivity contribution in [1.82, 2.24) is 10.6 Å². The molecule has 0 aliphatic rings. The van der Waals surface area contributed by atoms with Crippen molar-refractivity contribution >= 4 is 29.1 Å². The Balaban J connectivity index is 1.95. The Kier molecular flexibility index (Phi) is 6.76. The van der Waals surface area contributed by atoms with Crippen LogP contribution in [0.4, 0.5) is 11.4 Å². The van der Waals surface area contributed by atoms with Gasteiger partial charge in [-0.1, -0.05) is 12.1 Å². The normalized spacial score (nSPS) is 10.7. The van der Waals surface area contributed by atoms with E-state index in [9.17, 15) is 14.4 Å². The first-order chi connectivity index (χ1) is 13.2. The lowest BCUT2D eigenvalue weighted by atomic mass is 10.1. The van der Waals surface area contributed by atoms with E-state index >= 15 is 0 Å². The van der Waals surface area contributed by atoms with E-state index in [0.29, 0.717) is 22.5 Å². The number of hydrogen-bond acceptors (Lipinski definition) is 4. The van der Waals surface area contributed by atoms with Crippen LogP contribution >= 0.6 is 0 Å². The lowest BCUT2D eigenvalue weighted by Crippen LogP contribution is -2.40. The van der Waals surface area contributed by atoms with Crippen LogP contribution in [0.5, 0.6) is 0 Å². The minimum atomic E-state index is -0.330. The maximum Gasteiger partial charge on any atom is 0.251 e. The van der Waals surface area contributed by atoms with E-state index in [-0.39, 0.29) is 29.8 Å². The second-order valence-electron chi connectivity index (χ2n) is 7.35. The second-order valence-corrected chi connectivity index (χ2v) is 7.35. The Morgan fingerprint density at radius 2 is 1.43 bits per heavy atom. The molecule has 4 N–H and O–H groups in total. The molecular formula is C21H26N4O3. The average molecular weight is 382 g/mol. The maximum absolute atomic E-state index is 12.3. The molecule has 0 unspecified atom stereocenters. The molecule has 0 saturated heterocycles. The summed E-state index contributed by atoms with van der Waals surface area (Å²) in [6, 6.07) is 13.6. The summed E-state index contributed by atoms with van der Waals surface area (Å²) in [5, 5.41) is 11.2. The molecule has 0 bridgehead atoms. The number of carbonyl (C=O) groups excluding carboxylic acids is 3. The quantitative estimate of drug-likeness (QED) is 0.617. The van der Waals surface area contributed by atoms with Gasteiger partial charge in [0.05, 0.1) is 6.54 Å². The number of anilines is 2. The minimum absolute atomic E-state index is 0.0224. The van der Waals surface area contributed by atoms with Crippen LogP contribution in [0, 0.1) is 0 Å². The van der Waals surface area contributed by atoms with E-state index in [4.69, 9.17) is 0 Å². The SMILES string of the molecule is CNC(=O)c1cccc(NC(=O)CNc2cccc(C(=O)NC(C)(C)C)c2)c1. The monoisotopic (exact) mass is 382 g/mol. The molecule has 148 valence electrons. The molecule has 28 heavy (non-hydrogen) atoms. The van der Waals surface area contributed by atoms with Crippen LogP contribution in [-0.2, 0) is 4.79 Å². The van der Waals surface area contributed by atoms with Gasteiger partial charge in [-0.25, -0.2) is 0 Å². The van der Waals surface area contributed by atoms with Crippen molar-refractivity contribution in [3.8, 4) is 0 Å². The van der Waals surface area contributed by atoms with E-state index in [0.717, 1.165) is 0 Å². The summed E-state index contributed by atoms with van der Waals surface area (Å²) in [5.74, 6) is -0.662. The van der Waals surface area contributed by atoms with Gasteiger partial charge < -0.3 is 21.3 Å². The first kappa shape index (κ1) is 21.0. The number of rotatable bonds is 6. The second kappa shape index (κ2) is 9.03. The van der Waals surface area contributed by atoms with Crippen molar-refractivity contribution in [2.45, 2.75) is 26.3 Å². The summed E-state index contributed by atoms with van der Waals surface area (Å²) in [6.07, 6.45) is 0. The fourth-order valence-electron chi connectivity index (χ4n) is 2.45. The smallest absolute Gasteiger partial charge is 0.251 e. The summed E-state index contributed by atoms with van der Waals surface area (Å²) >= 11 is 0. The van der Waals surface area contributed by atoms with Crippen molar-refractivity contribution in [3.05, 3.63) is 59.7 Å². The molecule has 0 aliphatic heterocycles. The van der Waals surface area contributed by atoms with Crippen LogP contribution in [0.25, 0.3) is 0 Å². The summed E-state index contributed by atoms with van der Waals surface area (Å²) in [5.41, 5.74) is 1.84. The molecule has 7 nitrogen and oxygen atoms in total. The summed E-state index contributed by atoms with van der Waals surface area (Å²) < 4.78 is 0. The highest BCUT2D eigenvalue weighted by atomic mass is 16.2. The van der Waals surface area contributed by atoms with Crippen molar-refractivity contribution < 1.29 is 14.4 Å². The Morgan fingerprint density at radius 3 is 2.04 bits per heavy atom. The molecule has 0 spiro atoms. The van der Waals surface area contributed by atoms with E-state index in [1.165, 1.54) is 0 Å². The molecule has 2 aromatic rings. The highest BCUT2D eigenvalue weighted by Crippen LogP contribution is 2.13. The first-order valence-corrected chi connectivity index (χ1v) is 8.96. The molecule has 0 aromatic heterocycles. The predicted octanol–water partition coefficient (Wildman–Crippen LogP) is 2.63. The van der Waals surface area contributed by atoms with Gasteiger partial charge in [-0.2, -0.15) is 0 Å². The van der Waals surface area contributed by atoms with Gasteiger partial charge in [0.1, 0.15) is 0 Å². The zero-order chi connectivity index (χ0) is 20.7. The lowest BCUT2D eigenvalue weighted by molar-refractivity contribution is -0.114. The summed E-state index contributed by atoms with van der Waals surface area (Å²) in [6.45, 7) is 5.76. The molecule has 0 aliphatic carbocycles. The third-order valence-electron chi connectivity index (χ3n) is 3.70. The largest absolute Gasteiger partial charge is 0.376 e. The molecular weight excluding hydrogens is 356 g/mol. The van der Waals surface area contributed by atoms with Crippen molar-refractivity contribution in [2.75, 3.05) is 24.2 Å². The maximum atomic E-state index is 12.3. The van der Waals surface area contributed by atoms with Gasteiger partial charge in [-0.3, -0.25) is 14.4 Å². The summed E-state index contributed by atoms with van der Waals surface area (Å²) in [4.78, 5) is 36.1. The Hall–Kier alpha value is -3.35. The van der Waals surface area contributed by atoms with Crippen molar-refractivity contribution in [3.63, 3.8) is 0 Å². The van der Waals surface area contributed by atoms with E-state index in [1.54, 1.807) is 55.6 Å². The number of hydrogen-bond donors (Lipinski definition) is 4. The van der Waals surface area contributed by atoms with Crippen molar-refractivity contribution in [1.29, 1.82) is 0 Å². The molecule has 0 fully saturated rings. The number of benzene rings is 2. The van der Waals surface area contributed by atoms with Gasteiger partial charge in [-0.15, -0.1) is 0 Å². The standard InChI is InChI=1S/C21H26N4O3/c1-21(2,3)25-20(28)15-8-5-9-16(11-15)23-13-18(26)24-17-10-6-7-14(12-17)19(27)22-4/h5-12,23H,13H2,1-4H3,(H,22,27)(H,24,26)(H,25,28). The molecule has 0 saturated carbocycles. The fraction of sp³-hybridized carbons (Fsp3) is 0.286. The van der Waals surface area contributed by atoms with Crippen LogP contribution in [0.3, 0.4) is 0 Å². The molecule has 2 rings (SSSR count).